The van der Waals surface area contributed by atoms with E-state index in [0.717, 1.165) is 12.2 Å². The van der Waals surface area contributed by atoms with Crippen molar-refractivity contribution in [2.75, 3.05) is 5.32 Å². The molecule has 1 amide bonds. The summed E-state index contributed by atoms with van der Waals surface area (Å²) in [6.45, 7) is 2.16. The number of nitrogens with one attached hydrogen (secondary N) is 1. The van der Waals surface area contributed by atoms with Crippen LogP contribution >= 0.6 is 23.2 Å². The molecule has 24 heavy (non-hydrogen) atoms. The number of carbonyl (C=O) groups excluding carboxylic acids is 1. The molecule has 0 unspecified atom stereocenters. The van der Waals surface area contributed by atoms with E-state index < -0.39 is 5.91 Å². The number of nitrogens with zero attached hydrogens (tertiary/aromatic N) is 1. The average Bonchev–Trinajstić information content (AvgIpc) is 3.09. The number of halogens is 2. The van der Waals surface area contributed by atoms with Gasteiger partial charge >= 0.3 is 0 Å². The minimum absolute atomic E-state index is 0.0733. The summed E-state index contributed by atoms with van der Waals surface area (Å²) in [5.74, 6) is 1.87. The van der Waals surface area contributed by atoms with Crippen molar-refractivity contribution in [1.82, 2.24) is 0 Å². The maximum absolute atomic E-state index is 12.3. The van der Waals surface area contributed by atoms with E-state index in [0.29, 0.717) is 33.3 Å². The molecule has 0 bridgehead atoms. The monoisotopic (exact) mass is 360 g/mol. The Hall–Kier alpha value is -2.22. The molecule has 122 valence electrons. The molecule has 4 nitrogen and oxygen atoms in total. The number of anilines is 1. The Balaban J connectivity index is 1.77. The molecule has 1 aliphatic rings. The summed E-state index contributed by atoms with van der Waals surface area (Å²) >= 11 is 11.9. The van der Waals surface area contributed by atoms with Crippen molar-refractivity contribution in [3.63, 3.8) is 0 Å². The van der Waals surface area contributed by atoms with Crippen LogP contribution in [0, 0.1) is 17.2 Å². The first-order chi connectivity index (χ1) is 11.5. The minimum atomic E-state index is -0.570. The Morgan fingerprint density at radius 2 is 2.12 bits per heavy atom. The summed E-state index contributed by atoms with van der Waals surface area (Å²) in [6.07, 6.45) is 2.53. The summed E-state index contributed by atoms with van der Waals surface area (Å²) in [7, 11) is 0. The highest BCUT2D eigenvalue weighted by molar-refractivity contribution is 6.36. The van der Waals surface area contributed by atoms with E-state index in [1.54, 1.807) is 18.2 Å². The topological polar surface area (TPSA) is 66.0 Å². The first kappa shape index (κ1) is 16.6. The largest absolute Gasteiger partial charge is 0.461 e. The normalized spacial score (nSPS) is 19.7. The van der Waals surface area contributed by atoms with E-state index in [-0.39, 0.29) is 5.57 Å². The molecule has 1 heterocycles. The maximum atomic E-state index is 12.3. The molecule has 0 radical (unpaired) electrons. The lowest BCUT2D eigenvalue weighted by Gasteiger charge is -2.06. The molecule has 3 rings (SSSR count). The fraction of sp³-hybridized carbons (Fsp3) is 0.222. The summed E-state index contributed by atoms with van der Waals surface area (Å²) < 4.78 is 5.70. The van der Waals surface area contributed by atoms with Gasteiger partial charge in [0, 0.05) is 17.0 Å². The zero-order valence-corrected chi connectivity index (χ0v) is 14.4. The Bertz CT molecular complexity index is 864. The van der Waals surface area contributed by atoms with E-state index in [1.165, 1.54) is 12.1 Å². The molecular weight excluding hydrogens is 347 g/mol. The summed E-state index contributed by atoms with van der Waals surface area (Å²) in [6, 6.07) is 10.2. The first-order valence-corrected chi connectivity index (χ1v) is 8.21. The SMILES string of the molecule is C[C@H]1C[C@H]1c1ccc(/C=C(\C#N)C(=O)Nc2cc(Cl)ccc2Cl)o1. The van der Waals surface area contributed by atoms with Crippen molar-refractivity contribution in [2.24, 2.45) is 5.92 Å². The van der Waals surface area contributed by atoms with E-state index >= 15 is 0 Å². The number of hydrogen-bond acceptors (Lipinski definition) is 3. The molecule has 1 saturated carbocycles. The van der Waals surface area contributed by atoms with Crippen LogP contribution in [0.1, 0.15) is 30.8 Å². The highest BCUT2D eigenvalue weighted by Crippen LogP contribution is 2.47. The summed E-state index contributed by atoms with van der Waals surface area (Å²) in [5, 5.41) is 12.6. The molecule has 0 aliphatic heterocycles. The number of benzene rings is 1. The van der Waals surface area contributed by atoms with E-state index in [9.17, 15) is 10.1 Å². The van der Waals surface area contributed by atoms with Crippen LogP contribution in [0.15, 0.2) is 40.3 Å². The van der Waals surface area contributed by atoms with E-state index in [2.05, 4.69) is 12.2 Å². The van der Waals surface area contributed by atoms with Crippen LogP contribution < -0.4 is 5.32 Å². The van der Waals surface area contributed by atoms with Gasteiger partial charge < -0.3 is 9.73 Å². The van der Waals surface area contributed by atoms with Crippen LogP contribution in [0.4, 0.5) is 5.69 Å². The molecule has 1 aromatic heterocycles. The van der Waals surface area contributed by atoms with Gasteiger partial charge in [0.2, 0.25) is 0 Å². The van der Waals surface area contributed by atoms with Crippen LogP contribution in [-0.2, 0) is 4.79 Å². The van der Waals surface area contributed by atoms with Crippen molar-refractivity contribution < 1.29 is 9.21 Å². The predicted molar refractivity (Wildman–Crippen MR) is 93.9 cm³/mol. The number of furan rings is 1. The van der Waals surface area contributed by atoms with Gasteiger partial charge in [0.25, 0.3) is 5.91 Å². The third-order valence-electron chi connectivity index (χ3n) is 3.95. The lowest BCUT2D eigenvalue weighted by Crippen LogP contribution is -2.13. The smallest absolute Gasteiger partial charge is 0.266 e. The van der Waals surface area contributed by atoms with Crippen LogP contribution in [0.5, 0.6) is 0 Å². The lowest BCUT2D eigenvalue weighted by molar-refractivity contribution is -0.112. The predicted octanol–water partition coefficient (Wildman–Crippen LogP) is 5.26. The number of amides is 1. The van der Waals surface area contributed by atoms with Gasteiger partial charge in [0.15, 0.2) is 0 Å². The van der Waals surface area contributed by atoms with Crippen molar-refractivity contribution in [1.29, 1.82) is 5.26 Å². The van der Waals surface area contributed by atoms with Gasteiger partial charge in [-0.05, 0) is 42.7 Å². The van der Waals surface area contributed by atoms with Crippen LogP contribution in [0.2, 0.25) is 10.0 Å². The zero-order chi connectivity index (χ0) is 17.3. The van der Waals surface area contributed by atoms with Gasteiger partial charge in [-0.1, -0.05) is 30.1 Å². The lowest BCUT2D eigenvalue weighted by atomic mass is 10.2. The molecule has 2 aromatic rings. The van der Waals surface area contributed by atoms with Gasteiger partial charge in [0.1, 0.15) is 23.2 Å². The third kappa shape index (κ3) is 3.64. The average molecular weight is 361 g/mol. The van der Waals surface area contributed by atoms with Gasteiger partial charge in [-0.15, -0.1) is 0 Å². The summed E-state index contributed by atoms with van der Waals surface area (Å²) in [4.78, 5) is 12.3. The number of hydrogen-bond donors (Lipinski definition) is 1. The second-order valence-corrected chi connectivity index (χ2v) is 6.65. The molecule has 1 aliphatic carbocycles. The van der Waals surface area contributed by atoms with Gasteiger partial charge in [-0.3, -0.25) is 4.79 Å². The van der Waals surface area contributed by atoms with Crippen molar-refractivity contribution in [2.45, 2.75) is 19.3 Å². The molecule has 1 N–H and O–H groups in total. The molecule has 0 spiro atoms. The van der Waals surface area contributed by atoms with Crippen LogP contribution in [0.3, 0.4) is 0 Å². The Kier molecular flexibility index (Phi) is 4.66. The van der Waals surface area contributed by atoms with Crippen LogP contribution in [0.25, 0.3) is 6.08 Å². The second kappa shape index (κ2) is 6.72. The van der Waals surface area contributed by atoms with Crippen molar-refractivity contribution >= 4 is 40.9 Å². The Morgan fingerprint density at radius 1 is 1.38 bits per heavy atom. The van der Waals surface area contributed by atoms with Crippen molar-refractivity contribution in [3.8, 4) is 6.07 Å². The minimum Gasteiger partial charge on any atom is -0.461 e. The van der Waals surface area contributed by atoms with E-state index in [4.69, 9.17) is 27.6 Å². The highest BCUT2D eigenvalue weighted by Gasteiger charge is 2.36. The number of rotatable bonds is 4. The summed E-state index contributed by atoms with van der Waals surface area (Å²) in [5.41, 5.74) is 0.276. The van der Waals surface area contributed by atoms with E-state index in [1.807, 2.05) is 12.1 Å². The molecule has 0 saturated heterocycles. The Morgan fingerprint density at radius 3 is 2.79 bits per heavy atom. The fourth-order valence-corrected chi connectivity index (χ4v) is 2.77. The first-order valence-electron chi connectivity index (χ1n) is 7.46. The van der Waals surface area contributed by atoms with Gasteiger partial charge in [-0.25, -0.2) is 0 Å². The number of nitriles is 1. The molecular formula is C18H14Cl2N2O2. The Labute approximate surface area is 149 Å². The maximum Gasteiger partial charge on any atom is 0.266 e. The molecule has 1 fully saturated rings. The van der Waals surface area contributed by atoms with Crippen molar-refractivity contribution in [3.05, 3.63) is 57.5 Å². The highest BCUT2D eigenvalue weighted by atomic mass is 35.5. The quantitative estimate of drug-likeness (QED) is 0.597. The number of carbonyl (C=O) groups is 1. The third-order valence-corrected chi connectivity index (χ3v) is 4.52. The van der Waals surface area contributed by atoms with Gasteiger partial charge in [0.05, 0.1) is 10.7 Å². The zero-order valence-electron chi connectivity index (χ0n) is 12.8. The molecule has 1 aromatic carbocycles. The molecule has 2 atom stereocenters. The van der Waals surface area contributed by atoms with Crippen LogP contribution in [-0.4, -0.2) is 5.91 Å². The van der Waals surface area contributed by atoms with Gasteiger partial charge in [-0.2, -0.15) is 5.26 Å². The standard InChI is InChI=1S/C18H14Cl2N2O2/c1-10-6-14(10)17-5-3-13(24-17)7-11(9-21)18(23)22-16-8-12(19)2-4-15(16)20/h2-5,7-8,10,14H,6H2,1H3,(H,22,23)/b11-7+/t10-,14+/m0/s1. The fourth-order valence-electron chi connectivity index (χ4n) is 2.44. The molecule has 6 heteroatoms. The second-order valence-electron chi connectivity index (χ2n) is 5.81.